The first-order valence-corrected chi connectivity index (χ1v) is 12.6. The van der Waals surface area contributed by atoms with Crippen molar-refractivity contribution in [3.8, 4) is 5.75 Å². The Hall–Kier alpha value is -3.84. The van der Waals surface area contributed by atoms with Crippen molar-refractivity contribution in [2.24, 2.45) is 0 Å². The quantitative estimate of drug-likeness (QED) is 0.145. The van der Waals surface area contributed by atoms with Crippen LogP contribution in [-0.2, 0) is 6.54 Å². The number of fused-ring (bicyclic) bond motifs is 10. The zero-order chi connectivity index (χ0) is 25.0. The summed E-state index contributed by atoms with van der Waals surface area (Å²) < 4.78 is 14.0. The van der Waals surface area contributed by atoms with Crippen molar-refractivity contribution in [2.45, 2.75) is 52.0 Å². The van der Waals surface area contributed by atoms with Crippen LogP contribution < -0.4 is 4.74 Å². The van der Waals surface area contributed by atoms with Crippen molar-refractivity contribution >= 4 is 55.6 Å². The molecule has 7 heteroatoms. The Labute approximate surface area is 207 Å². The molecule has 0 aliphatic carbocycles. The molecule has 184 valence electrons. The van der Waals surface area contributed by atoms with E-state index in [9.17, 15) is 14.8 Å². The average Bonchev–Trinajstić information content (AvgIpc) is 3.50. The van der Waals surface area contributed by atoms with Crippen LogP contribution in [0.3, 0.4) is 0 Å². The van der Waals surface area contributed by atoms with Crippen LogP contribution in [0.4, 0.5) is 0 Å². The van der Waals surface area contributed by atoms with Gasteiger partial charge in [0.25, 0.3) is 11.8 Å². The van der Waals surface area contributed by atoms with E-state index in [0.29, 0.717) is 33.1 Å². The molecule has 6 rings (SSSR count). The predicted octanol–water partition coefficient (Wildman–Crippen LogP) is 7.05. The van der Waals surface area contributed by atoms with Gasteiger partial charge >= 0.3 is 0 Å². The molecule has 36 heavy (non-hydrogen) atoms. The largest absolute Gasteiger partial charge is 0.497 e. The van der Waals surface area contributed by atoms with E-state index in [1.54, 1.807) is 13.2 Å². The van der Waals surface area contributed by atoms with Crippen molar-refractivity contribution in [3.63, 3.8) is 0 Å². The summed E-state index contributed by atoms with van der Waals surface area (Å²) in [5, 5.41) is 13.4. The fourth-order valence-corrected chi connectivity index (χ4v) is 5.68. The first kappa shape index (κ1) is 22.6. The molecule has 1 aliphatic heterocycles. The van der Waals surface area contributed by atoms with Crippen molar-refractivity contribution < 1.29 is 24.0 Å². The van der Waals surface area contributed by atoms with Gasteiger partial charge in [0.2, 0.25) is 0 Å². The first-order chi connectivity index (χ1) is 17.6. The van der Waals surface area contributed by atoms with Gasteiger partial charge in [-0.2, -0.15) is 0 Å². The summed E-state index contributed by atoms with van der Waals surface area (Å²) in [5.41, 5.74) is 3.31. The Morgan fingerprint density at radius 2 is 1.61 bits per heavy atom. The number of methoxy groups -OCH3 is 1. The number of rotatable bonds is 8. The summed E-state index contributed by atoms with van der Waals surface area (Å²) in [7, 11) is 1.58. The molecule has 0 unspecified atom stereocenters. The number of hydroxylamine groups is 2. The minimum atomic E-state index is -0.736. The van der Waals surface area contributed by atoms with E-state index >= 15 is 0 Å². The molecule has 5 aromatic rings. The Morgan fingerprint density at radius 3 is 2.39 bits per heavy atom. The van der Waals surface area contributed by atoms with Crippen molar-refractivity contribution in [1.29, 1.82) is 0 Å². The maximum atomic E-state index is 13.2. The lowest BCUT2D eigenvalue weighted by molar-refractivity contribution is -0.0325. The third-order valence-electron chi connectivity index (χ3n) is 7.38. The molecule has 0 atom stereocenters. The molecule has 0 saturated carbocycles. The second-order valence-electron chi connectivity index (χ2n) is 9.50. The summed E-state index contributed by atoms with van der Waals surface area (Å²) in [5.74, 6) is -0.828. The van der Waals surface area contributed by atoms with Crippen molar-refractivity contribution in [2.75, 3.05) is 7.11 Å². The number of amides is 2. The monoisotopic (exact) mass is 484 g/mol. The number of hydrogen-bond donors (Lipinski definition) is 1. The molecule has 0 saturated heterocycles. The Bertz CT molecular complexity index is 1680. The summed E-state index contributed by atoms with van der Waals surface area (Å²) in [6.45, 7) is 2.97. The van der Waals surface area contributed by atoms with Gasteiger partial charge in [0, 0.05) is 33.6 Å². The van der Waals surface area contributed by atoms with Gasteiger partial charge in [-0.25, -0.2) is 0 Å². The average molecular weight is 485 g/mol. The number of nitrogens with zero attached hydrogens (tertiary/aromatic N) is 2. The summed E-state index contributed by atoms with van der Waals surface area (Å²) in [4.78, 5) is 26.4. The van der Waals surface area contributed by atoms with Crippen molar-refractivity contribution in [3.05, 3.63) is 53.6 Å². The van der Waals surface area contributed by atoms with Gasteiger partial charge in [0.15, 0.2) is 5.58 Å². The number of hydrogen-bond acceptors (Lipinski definition) is 5. The smallest absolute Gasteiger partial charge is 0.286 e. The first-order valence-electron chi connectivity index (χ1n) is 12.6. The van der Waals surface area contributed by atoms with Gasteiger partial charge < -0.3 is 13.7 Å². The molecule has 2 amide bonds. The normalized spacial score (nSPS) is 13.7. The third-order valence-corrected chi connectivity index (χ3v) is 7.38. The number of imide groups is 1. The van der Waals surface area contributed by atoms with Gasteiger partial charge in [0.1, 0.15) is 11.3 Å². The highest BCUT2D eigenvalue weighted by Gasteiger charge is 2.41. The lowest BCUT2D eigenvalue weighted by Gasteiger charge is -2.09. The van der Waals surface area contributed by atoms with E-state index in [1.165, 1.54) is 25.7 Å². The molecule has 1 N–H and O–H groups in total. The number of carbonyl (C=O) groups excluding carboxylic acids is 2. The molecule has 0 radical (unpaired) electrons. The third kappa shape index (κ3) is 3.15. The number of unbranched alkanes of at least 4 members (excludes halogenated alkanes) is 5. The van der Waals surface area contributed by atoms with Gasteiger partial charge in [-0.3, -0.25) is 14.8 Å². The molecule has 0 bridgehead atoms. The zero-order valence-corrected chi connectivity index (χ0v) is 20.5. The predicted molar refractivity (Wildman–Crippen MR) is 139 cm³/mol. The fraction of sp³-hybridized carbons (Fsp3) is 0.310. The molecule has 3 heterocycles. The van der Waals surface area contributed by atoms with E-state index in [0.717, 1.165) is 35.8 Å². The number of benzene rings is 3. The second kappa shape index (κ2) is 8.68. The molecular formula is C29H28N2O5. The fourth-order valence-electron chi connectivity index (χ4n) is 5.68. The Morgan fingerprint density at radius 1 is 0.889 bits per heavy atom. The highest BCUT2D eigenvalue weighted by atomic mass is 16.5. The second-order valence-corrected chi connectivity index (χ2v) is 9.50. The number of carbonyl (C=O) groups is 2. The lowest BCUT2D eigenvalue weighted by Crippen LogP contribution is -2.25. The van der Waals surface area contributed by atoms with Gasteiger partial charge in [0.05, 0.1) is 23.8 Å². The molecule has 0 spiro atoms. The van der Waals surface area contributed by atoms with E-state index in [-0.39, 0.29) is 16.2 Å². The van der Waals surface area contributed by atoms with Crippen LogP contribution in [0.15, 0.2) is 46.9 Å². The van der Waals surface area contributed by atoms with Crippen LogP contribution in [0.1, 0.15) is 66.2 Å². The Balaban J connectivity index is 1.68. The van der Waals surface area contributed by atoms with Gasteiger partial charge in [-0.15, -0.1) is 5.06 Å². The van der Waals surface area contributed by atoms with Crippen LogP contribution >= 0.6 is 0 Å². The van der Waals surface area contributed by atoms with Gasteiger partial charge in [-0.1, -0.05) is 57.2 Å². The summed E-state index contributed by atoms with van der Waals surface area (Å²) in [6.07, 6.45) is 6.98. The van der Waals surface area contributed by atoms with E-state index in [4.69, 9.17) is 9.15 Å². The standard InChI is InChI=1S/C29H28N2O5/c1-3-4-5-6-7-10-15-30-20-12-9-8-11-18(20)22-24-25(29(33)31(34)28(24)32)23-19-16-17(35-2)13-14-21(19)36-27(23)26(22)30/h8-9,11-14,16,34H,3-7,10,15H2,1-2H3. The molecule has 0 fully saturated rings. The number of para-hydroxylation sites is 1. The maximum Gasteiger partial charge on any atom is 0.286 e. The van der Waals surface area contributed by atoms with E-state index < -0.39 is 11.8 Å². The highest BCUT2D eigenvalue weighted by molar-refractivity contribution is 6.38. The van der Waals surface area contributed by atoms with Crippen LogP contribution in [-0.4, -0.2) is 33.8 Å². The number of ether oxygens (including phenoxy) is 1. The Kier molecular flexibility index (Phi) is 5.45. The van der Waals surface area contributed by atoms with Crippen LogP contribution in [0.25, 0.3) is 43.7 Å². The SMILES string of the molecule is CCCCCCCCn1c2ccccc2c2c3c(c4c5cc(OC)ccc5oc4c21)C(=O)N(O)C3=O. The molecule has 3 aromatic carbocycles. The summed E-state index contributed by atoms with van der Waals surface area (Å²) in [6, 6.07) is 13.3. The van der Waals surface area contributed by atoms with Crippen molar-refractivity contribution in [1.82, 2.24) is 9.63 Å². The van der Waals surface area contributed by atoms with E-state index in [2.05, 4.69) is 11.5 Å². The topological polar surface area (TPSA) is 84.9 Å². The molecule has 2 aromatic heterocycles. The molecular weight excluding hydrogens is 456 g/mol. The minimum absolute atomic E-state index is 0.180. The maximum absolute atomic E-state index is 13.2. The molecule has 7 nitrogen and oxygen atoms in total. The summed E-state index contributed by atoms with van der Waals surface area (Å²) >= 11 is 0. The number of furan rings is 1. The van der Waals surface area contributed by atoms with Crippen LogP contribution in [0.5, 0.6) is 5.75 Å². The minimum Gasteiger partial charge on any atom is -0.497 e. The number of aromatic nitrogens is 1. The zero-order valence-electron chi connectivity index (χ0n) is 20.5. The van der Waals surface area contributed by atoms with Crippen LogP contribution in [0, 0.1) is 0 Å². The van der Waals surface area contributed by atoms with E-state index in [1.807, 2.05) is 36.4 Å². The molecule has 1 aliphatic rings. The van der Waals surface area contributed by atoms with Gasteiger partial charge in [-0.05, 0) is 30.7 Å². The highest BCUT2D eigenvalue weighted by Crippen LogP contribution is 2.46. The van der Waals surface area contributed by atoms with Crippen LogP contribution in [0.2, 0.25) is 0 Å². The number of aryl methyl sites for hydroxylation is 1. The lowest BCUT2D eigenvalue weighted by atomic mass is 9.97.